The van der Waals surface area contributed by atoms with E-state index in [9.17, 15) is 19.8 Å². The van der Waals surface area contributed by atoms with Crippen molar-refractivity contribution < 1.29 is 24.5 Å². The highest BCUT2D eigenvalue weighted by atomic mass is 16.5. The molecule has 0 aliphatic heterocycles. The monoisotopic (exact) mass is 960 g/mol. The lowest BCUT2D eigenvalue weighted by atomic mass is 10.0. The third-order valence-electron chi connectivity index (χ3n) is 14.6. The maximum Gasteiger partial charge on any atom is 0.305 e. The minimum absolute atomic E-state index is 0.0116. The van der Waals surface area contributed by atoms with E-state index in [-0.39, 0.29) is 18.5 Å². The number of allylic oxidation sites excluding steroid dienone is 1. The summed E-state index contributed by atoms with van der Waals surface area (Å²) in [6.07, 6.45) is 69.6. The van der Waals surface area contributed by atoms with E-state index in [1.807, 2.05) is 6.08 Å². The highest BCUT2D eigenvalue weighted by Gasteiger charge is 2.18. The molecule has 2 unspecified atom stereocenters. The van der Waals surface area contributed by atoms with Crippen LogP contribution in [-0.4, -0.2) is 47.4 Å². The summed E-state index contributed by atoms with van der Waals surface area (Å²) < 4.78 is 5.50. The summed E-state index contributed by atoms with van der Waals surface area (Å²) in [5.74, 6) is -0.0580. The number of carbonyl (C=O) groups excluding carboxylic acids is 2. The lowest BCUT2D eigenvalue weighted by molar-refractivity contribution is -0.143. The van der Waals surface area contributed by atoms with Crippen molar-refractivity contribution in [2.75, 3.05) is 13.2 Å². The molecule has 6 heteroatoms. The number of amides is 1. The molecular formula is C62H121NO5. The fraction of sp³-hybridized carbons (Fsp3) is 0.935. The van der Waals surface area contributed by atoms with Gasteiger partial charge in [0.2, 0.25) is 5.91 Å². The van der Waals surface area contributed by atoms with Gasteiger partial charge in [-0.3, -0.25) is 9.59 Å². The number of hydrogen-bond donors (Lipinski definition) is 3. The molecule has 0 saturated carbocycles. The summed E-state index contributed by atoms with van der Waals surface area (Å²) in [6, 6.07) is -0.630. The van der Waals surface area contributed by atoms with Gasteiger partial charge in [-0.1, -0.05) is 315 Å². The van der Waals surface area contributed by atoms with Crippen LogP contribution in [0.25, 0.3) is 0 Å². The summed E-state index contributed by atoms with van der Waals surface area (Å²) >= 11 is 0. The van der Waals surface area contributed by atoms with Crippen LogP contribution < -0.4 is 5.32 Å². The summed E-state index contributed by atoms with van der Waals surface area (Å²) in [6.45, 7) is 4.92. The van der Waals surface area contributed by atoms with Gasteiger partial charge in [-0.25, -0.2) is 0 Å². The Balaban J connectivity index is 3.39. The van der Waals surface area contributed by atoms with Crippen LogP contribution in [0.15, 0.2) is 12.2 Å². The predicted octanol–water partition coefficient (Wildman–Crippen LogP) is 19.2. The molecule has 0 bridgehead atoms. The average Bonchev–Trinajstić information content (AvgIpc) is 3.34. The molecule has 404 valence electrons. The Morgan fingerprint density at radius 2 is 0.676 bits per heavy atom. The second kappa shape index (κ2) is 58.2. The van der Waals surface area contributed by atoms with Crippen LogP contribution in [0.1, 0.15) is 348 Å². The van der Waals surface area contributed by atoms with Gasteiger partial charge >= 0.3 is 5.97 Å². The van der Waals surface area contributed by atoms with Crippen LogP contribution >= 0.6 is 0 Å². The van der Waals surface area contributed by atoms with Crippen LogP contribution in [0.5, 0.6) is 0 Å². The third kappa shape index (κ3) is 53.9. The van der Waals surface area contributed by atoms with Crippen molar-refractivity contribution in [2.45, 2.75) is 360 Å². The SMILES string of the molecule is CCCCCCCCCCCCCCC/C=C/C(O)C(CO)NC(=O)CCCCCCCCCCCCCCCCCCCCOC(=O)CCCCCCCCCCCCCCCCCCCC. The van der Waals surface area contributed by atoms with Crippen molar-refractivity contribution in [2.24, 2.45) is 0 Å². The van der Waals surface area contributed by atoms with Crippen molar-refractivity contribution in [3.63, 3.8) is 0 Å². The number of rotatable bonds is 58. The topological polar surface area (TPSA) is 95.9 Å². The van der Waals surface area contributed by atoms with Crippen molar-refractivity contribution >= 4 is 11.9 Å². The molecule has 0 rings (SSSR count). The van der Waals surface area contributed by atoms with Gasteiger partial charge in [0.1, 0.15) is 0 Å². The molecule has 6 nitrogen and oxygen atoms in total. The summed E-state index contributed by atoms with van der Waals surface area (Å²) in [5, 5.41) is 23.1. The maximum atomic E-state index is 12.5. The summed E-state index contributed by atoms with van der Waals surface area (Å²) in [4.78, 5) is 24.6. The standard InChI is InChI=1S/C62H121NO5/c1-3-5-7-9-11-13-15-17-19-20-24-28-32-36-40-44-48-52-56-62(67)68-57-53-49-45-41-37-33-29-25-22-21-23-27-31-35-39-43-47-51-55-61(66)63-59(58-64)60(65)54-50-46-42-38-34-30-26-18-16-14-12-10-8-6-4-2/h50,54,59-60,64-65H,3-49,51-53,55-58H2,1-2H3,(H,63,66)/b54-50+. The molecule has 0 aliphatic carbocycles. The Morgan fingerprint density at radius 1 is 0.397 bits per heavy atom. The average molecular weight is 961 g/mol. The van der Waals surface area contributed by atoms with Crippen LogP contribution in [0, 0.1) is 0 Å². The first kappa shape index (κ1) is 66.6. The first-order valence-corrected chi connectivity index (χ1v) is 31.0. The molecule has 0 spiro atoms. The largest absolute Gasteiger partial charge is 0.466 e. The van der Waals surface area contributed by atoms with Gasteiger partial charge in [-0.15, -0.1) is 0 Å². The number of ether oxygens (including phenoxy) is 1. The number of esters is 1. The molecule has 0 radical (unpaired) electrons. The molecule has 0 fully saturated rings. The lowest BCUT2D eigenvalue weighted by Gasteiger charge is -2.20. The Bertz CT molecular complexity index is 1020. The summed E-state index contributed by atoms with van der Waals surface area (Å²) in [5.41, 5.74) is 0. The molecule has 2 atom stereocenters. The fourth-order valence-corrected chi connectivity index (χ4v) is 9.81. The van der Waals surface area contributed by atoms with E-state index >= 15 is 0 Å². The molecule has 0 saturated heterocycles. The molecule has 68 heavy (non-hydrogen) atoms. The summed E-state index contributed by atoms with van der Waals surface area (Å²) in [7, 11) is 0. The zero-order valence-electron chi connectivity index (χ0n) is 46.1. The number of unbranched alkanes of at least 4 members (excludes halogenated alkanes) is 47. The second-order valence-corrected chi connectivity index (χ2v) is 21.4. The molecule has 1 amide bonds. The first-order valence-electron chi connectivity index (χ1n) is 31.0. The third-order valence-corrected chi connectivity index (χ3v) is 14.6. The molecular weight excluding hydrogens is 839 g/mol. The van der Waals surface area contributed by atoms with Crippen molar-refractivity contribution in [3.8, 4) is 0 Å². The highest BCUT2D eigenvalue weighted by Crippen LogP contribution is 2.18. The molecule has 0 aromatic heterocycles. The molecule has 0 heterocycles. The quantitative estimate of drug-likeness (QED) is 0.0321. The van der Waals surface area contributed by atoms with E-state index in [4.69, 9.17) is 4.74 Å². The van der Waals surface area contributed by atoms with Gasteiger partial charge in [0, 0.05) is 12.8 Å². The first-order chi connectivity index (χ1) is 33.5. The number of aliphatic hydroxyl groups excluding tert-OH is 2. The Labute approximate surface area is 425 Å². The van der Waals surface area contributed by atoms with Crippen LogP contribution in [0.3, 0.4) is 0 Å². The van der Waals surface area contributed by atoms with Gasteiger partial charge in [-0.2, -0.15) is 0 Å². The van der Waals surface area contributed by atoms with Gasteiger partial charge < -0.3 is 20.3 Å². The normalized spacial score (nSPS) is 12.6. The Morgan fingerprint density at radius 3 is 1.00 bits per heavy atom. The maximum absolute atomic E-state index is 12.5. The minimum Gasteiger partial charge on any atom is -0.466 e. The second-order valence-electron chi connectivity index (χ2n) is 21.4. The van der Waals surface area contributed by atoms with E-state index in [2.05, 4.69) is 19.2 Å². The van der Waals surface area contributed by atoms with Gasteiger partial charge in [0.25, 0.3) is 0 Å². The van der Waals surface area contributed by atoms with Crippen LogP contribution in [-0.2, 0) is 14.3 Å². The fourth-order valence-electron chi connectivity index (χ4n) is 9.81. The van der Waals surface area contributed by atoms with E-state index in [0.29, 0.717) is 19.4 Å². The van der Waals surface area contributed by atoms with Crippen LogP contribution in [0.2, 0.25) is 0 Å². The molecule has 0 aromatic carbocycles. The Kier molecular flexibility index (Phi) is 57.0. The molecule has 0 aliphatic rings. The van der Waals surface area contributed by atoms with E-state index < -0.39 is 12.1 Å². The predicted molar refractivity (Wildman–Crippen MR) is 297 cm³/mol. The van der Waals surface area contributed by atoms with E-state index in [1.165, 1.54) is 283 Å². The molecule has 3 N–H and O–H groups in total. The number of hydrogen-bond acceptors (Lipinski definition) is 5. The van der Waals surface area contributed by atoms with Crippen molar-refractivity contribution in [3.05, 3.63) is 12.2 Å². The van der Waals surface area contributed by atoms with Gasteiger partial charge in [-0.05, 0) is 32.1 Å². The zero-order chi connectivity index (χ0) is 49.3. The van der Waals surface area contributed by atoms with E-state index in [0.717, 1.165) is 38.5 Å². The zero-order valence-corrected chi connectivity index (χ0v) is 46.1. The van der Waals surface area contributed by atoms with Crippen molar-refractivity contribution in [1.82, 2.24) is 5.32 Å². The van der Waals surface area contributed by atoms with Gasteiger partial charge in [0.15, 0.2) is 0 Å². The number of nitrogens with one attached hydrogen (secondary N) is 1. The van der Waals surface area contributed by atoms with Crippen molar-refractivity contribution in [1.29, 1.82) is 0 Å². The van der Waals surface area contributed by atoms with Gasteiger partial charge in [0.05, 0.1) is 25.4 Å². The Hall–Kier alpha value is -1.40. The number of aliphatic hydroxyl groups is 2. The minimum atomic E-state index is -0.846. The number of carbonyl (C=O) groups is 2. The molecule has 0 aromatic rings. The van der Waals surface area contributed by atoms with Crippen LogP contribution in [0.4, 0.5) is 0 Å². The smallest absolute Gasteiger partial charge is 0.305 e. The highest BCUT2D eigenvalue weighted by molar-refractivity contribution is 5.76. The lowest BCUT2D eigenvalue weighted by Crippen LogP contribution is -2.45. The van der Waals surface area contributed by atoms with E-state index in [1.54, 1.807) is 6.08 Å².